The molecule has 2 aromatic carbocycles. The second kappa shape index (κ2) is 8.85. The van der Waals surface area contributed by atoms with Gasteiger partial charge in [-0.25, -0.2) is 13.6 Å². The van der Waals surface area contributed by atoms with Gasteiger partial charge in [-0.15, -0.1) is 0 Å². The highest BCUT2D eigenvalue weighted by atomic mass is 32.2. The SMILES string of the molecule is CC(c1cccc(S(N)(=O)=O)c1)N(C)C(=O)COc1ccc(N2CCCC2=O)cc1. The van der Waals surface area contributed by atoms with Gasteiger partial charge in [-0.05, 0) is 55.3 Å². The van der Waals surface area contributed by atoms with E-state index in [0.717, 1.165) is 12.1 Å². The number of likely N-dealkylation sites (N-methyl/N-ethyl adjacent to an activating group) is 1. The number of carbonyl (C=O) groups is 2. The van der Waals surface area contributed by atoms with Gasteiger partial charge in [-0.1, -0.05) is 12.1 Å². The van der Waals surface area contributed by atoms with E-state index in [4.69, 9.17) is 9.88 Å². The van der Waals surface area contributed by atoms with Crippen LogP contribution in [0.1, 0.15) is 31.4 Å². The molecule has 160 valence electrons. The molecular formula is C21H25N3O5S. The molecule has 1 saturated heterocycles. The summed E-state index contributed by atoms with van der Waals surface area (Å²) in [6.07, 6.45) is 1.42. The van der Waals surface area contributed by atoms with Crippen molar-refractivity contribution in [2.75, 3.05) is 25.1 Å². The fraction of sp³-hybridized carbons (Fsp3) is 0.333. The van der Waals surface area contributed by atoms with Crippen molar-refractivity contribution in [3.63, 3.8) is 0 Å². The molecule has 1 aliphatic heterocycles. The van der Waals surface area contributed by atoms with Gasteiger partial charge in [0.25, 0.3) is 5.91 Å². The number of sulfonamides is 1. The van der Waals surface area contributed by atoms with Gasteiger partial charge in [0.05, 0.1) is 10.9 Å². The maximum Gasteiger partial charge on any atom is 0.260 e. The molecule has 1 aliphatic rings. The van der Waals surface area contributed by atoms with E-state index in [0.29, 0.717) is 24.3 Å². The molecule has 0 aliphatic carbocycles. The lowest BCUT2D eigenvalue weighted by Gasteiger charge is -2.25. The first-order chi connectivity index (χ1) is 14.2. The van der Waals surface area contributed by atoms with Gasteiger partial charge in [-0.3, -0.25) is 9.59 Å². The Labute approximate surface area is 176 Å². The van der Waals surface area contributed by atoms with Crippen LogP contribution < -0.4 is 14.8 Å². The van der Waals surface area contributed by atoms with Crippen molar-refractivity contribution in [2.24, 2.45) is 5.14 Å². The summed E-state index contributed by atoms with van der Waals surface area (Å²) in [5, 5.41) is 5.18. The number of anilines is 1. The van der Waals surface area contributed by atoms with Gasteiger partial charge in [0, 0.05) is 25.7 Å². The molecule has 3 rings (SSSR count). The lowest BCUT2D eigenvalue weighted by atomic mass is 10.1. The lowest BCUT2D eigenvalue weighted by Crippen LogP contribution is -2.33. The summed E-state index contributed by atoms with van der Waals surface area (Å²) < 4.78 is 28.7. The van der Waals surface area contributed by atoms with Crippen LogP contribution in [0.15, 0.2) is 53.4 Å². The van der Waals surface area contributed by atoms with Crippen LogP contribution in [0.25, 0.3) is 0 Å². The minimum atomic E-state index is -3.82. The predicted octanol–water partition coefficient (Wildman–Crippen LogP) is 2.06. The smallest absolute Gasteiger partial charge is 0.260 e. The van der Waals surface area contributed by atoms with Crippen molar-refractivity contribution in [1.29, 1.82) is 0 Å². The number of nitrogens with zero attached hydrogens (tertiary/aromatic N) is 2. The Morgan fingerprint density at radius 1 is 1.23 bits per heavy atom. The van der Waals surface area contributed by atoms with E-state index in [1.807, 2.05) is 0 Å². The number of hydrogen-bond acceptors (Lipinski definition) is 5. The van der Waals surface area contributed by atoms with Gasteiger partial charge < -0.3 is 14.5 Å². The zero-order valence-electron chi connectivity index (χ0n) is 16.9. The number of rotatable bonds is 7. The number of amides is 2. The zero-order valence-corrected chi connectivity index (χ0v) is 17.8. The van der Waals surface area contributed by atoms with Crippen molar-refractivity contribution in [2.45, 2.75) is 30.7 Å². The summed E-state index contributed by atoms with van der Waals surface area (Å²) in [6.45, 7) is 2.34. The Hall–Kier alpha value is -2.91. The Bertz CT molecular complexity index is 1040. The van der Waals surface area contributed by atoms with Crippen LogP contribution in [-0.4, -0.2) is 45.3 Å². The minimum absolute atomic E-state index is 0.000484. The summed E-state index contributed by atoms with van der Waals surface area (Å²) in [4.78, 5) is 27.6. The summed E-state index contributed by atoms with van der Waals surface area (Å²) in [5.74, 6) is 0.374. The molecule has 2 amide bonds. The summed E-state index contributed by atoms with van der Waals surface area (Å²) >= 11 is 0. The normalized spacial score (nSPS) is 15.2. The summed E-state index contributed by atoms with van der Waals surface area (Å²) in [6, 6.07) is 12.9. The van der Waals surface area contributed by atoms with E-state index in [2.05, 4.69) is 0 Å². The highest BCUT2D eigenvalue weighted by Gasteiger charge is 2.22. The van der Waals surface area contributed by atoms with E-state index in [-0.39, 0.29) is 29.4 Å². The molecule has 0 spiro atoms. The van der Waals surface area contributed by atoms with Crippen LogP contribution >= 0.6 is 0 Å². The van der Waals surface area contributed by atoms with Gasteiger partial charge >= 0.3 is 0 Å². The summed E-state index contributed by atoms with van der Waals surface area (Å²) in [5.41, 5.74) is 1.47. The maximum atomic E-state index is 12.5. The molecule has 1 heterocycles. The van der Waals surface area contributed by atoms with Crippen LogP contribution in [0.3, 0.4) is 0 Å². The monoisotopic (exact) mass is 431 g/mol. The third kappa shape index (κ3) is 4.98. The number of hydrogen-bond donors (Lipinski definition) is 1. The Morgan fingerprint density at radius 2 is 1.93 bits per heavy atom. The molecule has 1 atom stereocenters. The first-order valence-electron chi connectivity index (χ1n) is 9.58. The molecule has 2 aromatic rings. The number of ether oxygens (including phenoxy) is 1. The number of primary sulfonamides is 1. The minimum Gasteiger partial charge on any atom is -0.484 e. The zero-order chi connectivity index (χ0) is 21.9. The summed E-state index contributed by atoms with van der Waals surface area (Å²) in [7, 11) is -2.19. The molecule has 2 N–H and O–H groups in total. The van der Waals surface area contributed by atoms with E-state index in [1.54, 1.807) is 55.3 Å². The average molecular weight is 432 g/mol. The second-order valence-corrected chi connectivity index (χ2v) is 8.79. The highest BCUT2D eigenvalue weighted by Crippen LogP contribution is 2.25. The number of benzene rings is 2. The van der Waals surface area contributed by atoms with Crippen LogP contribution in [0.5, 0.6) is 5.75 Å². The second-order valence-electron chi connectivity index (χ2n) is 7.23. The largest absolute Gasteiger partial charge is 0.484 e. The average Bonchev–Trinajstić information content (AvgIpc) is 3.16. The highest BCUT2D eigenvalue weighted by molar-refractivity contribution is 7.89. The fourth-order valence-corrected chi connectivity index (χ4v) is 3.85. The van der Waals surface area contributed by atoms with Crippen molar-refractivity contribution in [3.05, 3.63) is 54.1 Å². The Kier molecular flexibility index (Phi) is 6.42. The van der Waals surface area contributed by atoms with Crippen LogP contribution in [0.4, 0.5) is 5.69 Å². The maximum absolute atomic E-state index is 12.5. The Morgan fingerprint density at radius 3 is 2.53 bits per heavy atom. The molecule has 9 heteroatoms. The van der Waals surface area contributed by atoms with Crippen molar-refractivity contribution >= 4 is 27.5 Å². The fourth-order valence-electron chi connectivity index (χ4n) is 3.28. The third-order valence-corrected chi connectivity index (χ3v) is 6.14. The van der Waals surface area contributed by atoms with E-state index in [9.17, 15) is 18.0 Å². The molecule has 0 aromatic heterocycles. The van der Waals surface area contributed by atoms with Crippen LogP contribution in [0.2, 0.25) is 0 Å². The third-order valence-electron chi connectivity index (χ3n) is 5.23. The molecule has 1 fully saturated rings. The van der Waals surface area contributed by atoms with Gasteiger partial charge in [-0.2, -0.15) is 0 Å². The van der Waals surface area contributed by atoms with Crippen LogP contribution in [0, 0.1) is 0 Å². The molecule has 0 saturated carbocycles. The quantitative estimate of drug-likeness (QED) is 0.722. The molecular weight excluding hydrogens is 406 g/mol. The van der Waals surface area contributed by atoms with Gasteiger partial charge in [0.1, 0.15) is 5.75 Å². The van der Waals surface area contributed by atoms with E-state index in [1.165, 1.54) is 17.0 Å². The molecule has 0 bridgehead atoms. The van der Waals surface area contributed by atoms with Crippen molar-refractivity contribution in [1.82, 2.24) is 4.90 Å². The van der Waals surface area contributed by atoms with Crippen molar-refractivity contribution in [3.8, 4) is 5.75 Å². The lowest BCUT2D eigenvalue weighted by molar-refractivity contribution is -0.134. The molecule has 0 radical (unpaired) electrons. The number of carbonyl (C=O) groups excluding carboxylic acids is 2. The van der Waals surface area contributed by atoms with Gasteiger partial charge in [0.2, 0.25) is 15.9 Å². The topological polar surface area (TPSA) is 110 Å². The molecule has 30 heavy (non-hydrogen) atoms. The Balaban J connectivity index is 1.60. The molecule has 8 nitrogen and oxygen atoms in total. The number of nitrogens with two attached hydrogens (primary N) is 1. The van der Waals surface area contributed by atoms with Crippen molar-refractivity contribution < 1.29 is 22.7 Å². The van der Waals surface area contributed by atoms with E-state index < -0.39 is 10.0 Å². The first-order valence-corrected chi connectivity index (χ1v) is 11.1. The standard InChI is InChI=1S/C21H25N3O5S/c1-15(16-5-3-6-19(13-16)30(22,27)28)23(2)21(26)14-29-18-10-8-17(9-11-18)24-12-4-7-20(24)25/h3,5-6,8-11,13,15H,4,7,12,14H2,1-2H3,(H2,22,27,28). The first kappa shape index (κ1) is 21.8. The van der Waals surface area contributed by atoms with E-state index >= 15 is 0 Å². The van der Waals surface area contributed by atoms with Crippen LogP contribution in [-0.2, 0) is 19.6 Å². The van der Waals surface area contributed by atoms with Gasteiger partial charge in [0.15, 0.2) is 6.61 Å². The predicted molar refractivity (Wildman–Crippen MR) is 113 cm³/mol. The molecule has 1 unspecified atom stereocenters.